The number of benzene rings is 1. The van der Waals surface area contributed by atoms with Gasteiger partial charge in [0.1, 0.15) is 11.6 Å². The van der Waals surface area contributed by atoms with E-state index in [4.69, 9.17) is 4.98 Å². The molecule has 0 atom stereocenters. The number of anilines is 2. The lowest BCUT2D eigenvalue weighted by atomic mass is 10.1. The zero-order chi connectivity index (χ0) is 18.3. The number of piperazine rings is 1. The Morgan fingerprint density at radius 1 is 1.04 bits per heavy atom. The molecule has 1 saturated carbocycles. The number of phenols is 1. The van der Waals surface area contributed by atoms with Crippen molar-refractivity contribution < 1.29 is 5.11 Å². The van der Waals surface area contributed by atoms with Crippen LogP contribution < -0.4 is 9.80 Å². The van der Waals surface area contributed by atoms with Crippen molar-refractivity contribution >= 4 is 22.7 Å². The summed E-state index contributed by atoms with van der Waals surface area (Å²) in [4.78, 5) is 16.5. The molecule has 2 aromatic rings. The molecule has 2 fully saturated rings. The minimum atomic E-state index is 0.290. The molecule has 1 aliphatic heterocycles. The van der Waals surface area contributed by atoms with Gasteiger partial charge in [-0.2, -0.15) is 4.98 Å². The molecule has 2 aliphatic rings. The summed E-state index contributed by atoms with van der Waals surface area (Å²) in [6.45, 7) is 6.12. The smallest absolute Gasteiger partial charge is 0.227 e. The molecule has 0 spiro atoms. The number of fused-ring (bicyclic) bond motifs is 1. The van der Waals surface area contributed by atoms with Gasteiger partial charge in [-0.15, -0.1) is 0 Å². The minimum absolute atomic E-state index is 0.290. The number of aryl methyl sites for hydroxylation is 1. The second-order valence-corrected chi connectivity index (χ2v) is 7.86. The van der Waals surface area contributed by atoms with Crippen molar-refractivity contribution in [2.24, 2.45) is 0 Å². The molecule has 1 saturated heterocycles. The van der Waals surface area contributed by atoms with Crippen LogP contribution in [-0.2, 0) is 0 Å². The lowest BCUT2D eigenvalue weighted by Crippen LogP contribution is -2.50. The molecule has 0 bridgehead atoms. The van der Waals surface area contributed by atoms with Crippen molar-refractivity contribution in [2.75, 3.05) is 50.1 Å². The SMILES string of the molecule is Cc1cc2c(N3CCN(C4CCCC4)CC3)nc(N(C)C)nc2cc1O. The van der Waals surface area contributed by atoms with Gasteiger partial charge in [-0.3, -0.25) is 4.90 Å². The Labute approximate surface area is 155 Å². The third kappa shape index (κ3) is 3.18. The van der Waals surface area contributed by atoms with Gasteiger partial charge >= 0.3 is 0 Å². The van der Waals surface area contributed by atoms with Crippen molar-refractivity contribution in [3.8, 4) is 5.75 Å². The highest BCUT2D eigenvalue weighted by Crippen LogP contribution is 2.32. The number of aromatic nitrogens is 2. The van der Waals surface area contributed by atoms with Crippen molar-refractivity contribution in [1.82, 2.24) is 14.9 Å². The normalized spacial score (nSPS) is 19.4. The van der Waals surface area contributed by atoms with E-state index in [0.717, 1.165) is 54.5 Å². The van der Waals surface area contributed by atoms with Gasteiger partial charge in [0.05, 0.1) is 5.52 Å². The summed E-state index contributed by atoms with van der Waals surface area (Å²) in [5.74, 6) is 1.97. The molecule has 6 nitrogen and oxygen atoms in total. The fourth-order valence-corrected chi connectivity index (χ4v) is 4.25. The van der Waals surface area contributed by atoms with Gasteiger partial charge in [-0.25, -0.2) is 4.98 Å². The first-order valence-electron chi connectivity index (χ1n) is 9.70. The highest BCUT2D eigenvalue weighted by atomic mass is 16.3. The third-order valence-corrected chi connectivity index (χ3v) is 5.84. The molecule has 26 heavy (non-hydrogen) atoms. The zero-order valence-corrected chi connectivity index (χ0v) is 16.1. The maximum atomic E-state index is 10.1. The number of nitrogens with zero attached hydrogens (tertiary/aromatic N) is 5. The van der Waals surface area contributed by atoms with Gasteiger partial charge in [0.2, 0.25) is 5.95 Å². The van der Waals surface area contributed by atoms with Gasteiger partial charge in [0.15, 0.2) is 0 Å². The fourth-order valence-electron chi connectivity index (χ4n) is 4.25. The average Bonchev–Trinajstić information content (AvgIpc) is 3.17. The maximum absolute atomic E-state index is 10.1. The van der Waals surface area contributed by atoms with Crippen LogP contribution in [0.3, 0.4) is 0 Å². The predicted octanol–water partition coefficient (Wildman–Crippen LogP) is 2.77. The molecule has 1 N–H and O–H groups in total. The lowest BCUT2D eigenvalue weighted by Gasteiger charge is -2.39. The summed E-state index contributed by atoms with van der Waals surface area (Å²) in [6.07, 6.45) is 5.49. The molecule has 1 aromatic heterocycles. The number of aromatic hydroxyl groups is 1. The predicted molar refractivity (Wildman–Crippen MR) is 106 cm³/mol. The number of rotatable bonds is 3. The topological polar surface area (TPSA) is 55.7 Å². The number of hydrogen-bond donors (Lipinski definition) is 1. The molecule has 2 heterocycles. The summed E-state index contributed by atoms with van der Waals surface area (Å²) in [5.41, 5.74) is 1.67. The van der Waals surface area contributed by atoms with Crippen LogP contribution in [0.5, 0.6) is 5.75 Å². The van der Waals surface area contributed by atoms with Gasteiger partial charge < -0.3 is 14.9 Å². The summed E-state index contributed by atoms with van der Waals surface area (Å²) in [7, 11) is 3.91. The van der Waals surface area contributed by atoms with E-state index in [9.17, 15) is 5.11 Å². The van der Waals surface area contributed by atoms with Crippen LogP contribution in [-0.4, -0.2) is 66.3 Å². The summed E-state index contributed by atoms with van der Waals surface area (Å²) < 4.78 is 0. The van der Waals surface area contributed by atoms with E-state index in [-0.39, 0.29) is 5.75 Å². The van der Waals surface area contributed by atoms with E-state index >= 15 is 0 Å². The van der Waals surface area contributed by atoms with Crippen molar-refractivity contribution in [2.45, 2.75) is 38.6 Å². The zero-order valence-electron chi connectivity index (χ0n) is 16.1. The van der Waals surface area contributed by atoms with E-state index in [1.54, 1.807) is 6.07 Å². The van der Waals surface area contributed by atoms with Crippen molar-refractivity contribution in [3.05, 3.63) is 17.7 Å². The Morgan fingerprint density at radius 2 is 1.73 bits per heavy atom. The summed E-state index contributed by atoms with van der Waals surface area (Å²) in [6, 6.07) is 4.57. The van der Waals surface area contributed by atoms with Crippen molar-refractivity contribution in [3.63, 3.8) is 0 Å². The quantitative estimate of drug-likeness (QED) is 0.914. The second kappa shape index (κ2) is 6.91. The Balaban J connectivity index is 1.65. The van der Waals surface area contributed by atoms with Gasteiger partial charge in [-0.1, -0.05) is 12.8 Å². The number of hydrogen-bond acceptors (Lipinski definition) is 6. The molecule has 0 amide bonds. The molecule has 0 radical (unpaired) electrons. The molecular weight excluding hydrogens is 326 g/mol. The molecule has 0 unspecified atom stereocenters. The summed E-state index contributed by atoms with van der Waals surface area (Å²) >= 11 is 0. The van der Waals surface area contributed by atoms with E-state index < -0.39 is 0 Å². The van der Waals surface area contributed by atoms with Crippen LogP contribution >= 0.6 is 0 Å². The largest absolute Gasteiger partial charge is 0.508 e. The van der Waals surface area contributed by atoms with E-state index in [0.29, 0.717) is 5.95 Å². The molecule has 140 valence electrons. The van der Waals surface area contributed by atoms with Gasteiger partial charge in [0.25, 0.3) is 0 Å². The Hall–Kier alpha value is -2.08. The van der Waals surface area contributed by atoms with Gasteiger partial charge in [-0.05, 0) is 31.4 Å². The standard InChI is InChI=1S/C20H29N5O/c1-14-12-16-17(13-18(14)26)21-20(23(2)3)22-19(16)25-10-8-24(9-11-25)15-6-4-5-7-15/h12-13,15,26H,4-11H2,1-3H3. The Bertz CT molecular complexity index is 792. The maximum Gasteiger partial charge on any atom is 0.227 e. The van der Waals surface area contributed by atoms with Crippen LogP contribution in [0.2, 0.25) is 0 Å². The highest BCUT2D eigenvalue weighted by Gasteiger charge is 2.27. The minimum Gasteiger partial charge on any atom is -0.508 e. The lowest BCUT2D eigenvalue weighted by molar-refractivity contribution is 0.187. The molecule has 4 rings (SSSR count). The second-order valence-electron chi connectivity index (χ2n) is 7.86. The molecule has 1 aromatic carbocycles. The first-order valence-corrected chi connectivity index (χ1v) is 9.70. The molecular formula is C20H29N5O. The summed E-state index contributed by atoms with van der Waals surface area (Å²) in [5, 5.41) is 11.1. The highest BCUT2D eigenvalue weighted by molar-refractivity contribution is 5.92. The molecule has 6 heteroatoms. The van der Waals surface area contributed by atoms with E-state index in [1.807, 2.05) is 32.0 Å². The average molecular weight is 355 g/mol. The third-order valence-electron chi connectivity index (χ3n) is 5.84. The Morgan fingerprint density at radius 3 is 2.38 bits per heavy atom. The number of phenolic OH excluding ortho intramolecular Hbond substituents is 1. The fraction of sp³-hybridized carbons (Fsp3) is 0.600. The van der Waals surface area contributed by atoms with Crippen LogP contribution in [0.15, 0.2) is 12.1 Å². The monoisotopic (exact) mass is 355 g/mol. The van der Waals surface area contributed by atoms with E-state index in [1.165, 1.54) is 25.7 Å². The van der Waals surface area contributed by atoms with Crippen molar-refractivity contribution in [1.29, 1.82) is 0 Å². The van der Waals surface area contributed by atoms with Gasteiger partial charge in [0, 0.05) is 57.8 Å². The van der Waals surface area contributed by atoms with Crippen LogP contribution in [0.4, 0.5) is 11.8 Å². The van der Waals surface area contributed by atoms with Crippen LogP contribution in [0.25, 0.3) is 10.9 Å². The first-order chi connectivity index (χ1) is 12.5. The Kier molecular flexibility index (Phi) is 4.61. The van der Waals surface area contributed by atoms with Crippen LogP contribution in [0.1, 0.15) is 31.2 Å². The van der Waals surface area contributed by atoms with E-state index in [2.05, 4.69) is 14.8 Å². The van der Waals surface area contributed by atoms with Crippen LogP contribution in [0, 0.1) is 6.92 Å². The first kappa shape index (κ1) is 17.3. The molecule has 1 aliphatic carbocycles.